The molecule has 7 heteroatoms. The molecule has 0 unspecified atom stereocenters. The quantitative estimate of drug-likeness (QED) is 0.729. The van der Waals surface area contributed by atoms with Crippen LogP contribution in [0.1, 0.15) is 49.4 Å². The van der Waals surface area contributed by atoms with Gasteiger partial charge in [-0.3, -0.25) is 19.3 Å². The fraction of sp³-hybridized carbons (Fsp3) is 0.632. The molecule has 26 heavy (non-hydrogen) atoms. The first-order valence-electron chi connectivity index (χ1n) is 9.44. The lowest BCUT2D eigenvalue weighted by Crippen LogP contribution is -2.44. The number of nitrogens with one attached hydrogen (secondary N) is 1. The Morgan fingerprint density at radius 2 is 1.96 bits per heavy atom. The number of pyridine rings is 1. The Morgan fingerprint density at radius 1 is 1.23 bits per heavy atom. The van der Waals surface area contributed by atoms with E-state index in [4.69, 9.17) is 5.11 Å². The fourth-order valence-corrected chi connectivity index (χ4v) is 3.77. The van der Waals surface area contributed by atoms with Gasteiger partial charge in [0.2, 0.25) is 0 Å². The number of carbonyl (C=O) groups is 2. The van der Waals surface area contributed by atoms with Gasteiger partial charge in [-0.05, 0) is 44.6 Å². The van der Waals surface area contributed by atoms with Gasteiger partial charge < -0.3 is 15.0 Å². The smallest absolute Gasteiger partial charge is 0.304 e. The third-order valence-electron chi connectivity index (χ3n) is 5.44. The highest BCUT2D eigenvalue weighted by Crippen LogP contribution is 2.35. The molecule has 1 amide bonds. The Labute approximate surface area is 153 Å². The molecule has 1 aromatic heterocycles. The third-order valence-corrected chi connectivity index (χ3v) is 5.44. The number of aromatic nitrogens is 1. The van der Waals surface area contributed by atoms with Gasteiger partial charge in [0.1, 0.15) is 0 Å². The summed E-state index contributed by atoms with van der Waals surface area (Å²) in [4.78, 5) is 37.7. The van der Waals surface area contributed by atoms with Gasteiger partial charge in [0.05, 0.1) is 6.42 Å². The summed E-state index contributed by atoms with van der Waals surface area (Å²) in [6.45, 7) is 3.86. The third kappa shape index (κ3) is 4.52. The summed E-state index contributed by atoms with van der Waals surface area (Å²) in [5.74, 6) is -0.348. The molecule has 0 radical (unpaired) electrons. The molecule has 2 fully saturated rings. The number of carbonyl (C=O) groups excluding carboxylic acids is 1. The van der Waals surface area contributed by atoms with E-state index in [0.717, 1.165) is 19.4 Å². The number of carboxylic acids is 1. The Morgan fingerprint density at radius 3 is 2.58 bits per heavy atom. The van der Waals surface area contributed by atoms with E-state index in [-0.39, 0.29) is 30.0 Å². The van der Waals surface area contributed by atoms with Crippen LogP contribution < -0.4 is 10.9 Å². The number of rotatable bonds is 8. The molecular formula is C19H27N3O4. The number of aryl methyl sites for hydroxylation is 1. The van der Waals surface area contributed by atoms with Crippen LogP contribution in [0.4, 0.5) is 0 Å². The maximum absolute atomic E-state index is 12.4. The molecule has 1 saturated heterocycles. The zero-order valence-electron chi connectivity index (χ0n) is 15.2. The van der Waals surface area contributed by atoms with Crippen LogP contribution in [0.15, 0.2) is 23.1 Å². The lowest BCUT2D eigenvalue weighted by atomic mass is 10.1. The minimum absolute atomic E-state index is 0.0588. The molecule has 2 N–H and O–H groups in total. The summed E-state index contributed by atoms with van der Waals surface area (Å²) in [7, 11) is 0. The van der Waals surface area contributed by atoms with Gasteiger partial charge in [0.25, 0.3) is 11.5 Å². The monoisotopic (exact) mass is 361 g/mol. The fourth-order valence-electron chi connectivity index (χ4n) is 3.77. The van der Waals surface area contributed by atoms with Crippen molar-refractivity contribution in [2.24, 2.45) is 5.92 Å². The first-order chi connectivity index (χ1) is 12.5. The predicted octanol–water partition coefficient (Wildman–Crippen LogP) is 1.32. The van der Waals surface area contributed by atoms with E-state index in [9.17, 15) is 14.4 Å². The van der Waals surface area contributed by atoms with Crippen molar-refractivity contribution in [3.05, 3.63) is 34.2 Å². The van der Waals surface area contributed by atoms with Gasteiger partial charge >= 0.3 is 5.97 Å². The Balaban J connectivity index is 1.60. The van der Waals surface area contributed by atoms with Gasteiger partial charge in [0, 0.05) is 49.5 Å². The molecule has 3 rings (SSSR count). The van der Waals surface area contributed by atoms with Crippen LogP contribution in [-0.2, 0) is 11.3 Å². The number of hydrogen-bond donors (Lipinski definition) is 2. The van der Waals surface area contributed by atoms with Crippen molar-refractivity contribution in [2.75, 3.05) is 13.1 Å². The summed E-state index contributed by atoms with van der Waals surface area (Å²) in [5.41, 5.74) is 0.187. The van der Waals surface area contributed by atoms with E-state index >= 15 is 0 Å². The lowest BCUT2D eigenvalue weighted by molar-refractivity contribution is -0.138. The minimum Gasteiger partial charge on any atom is -0.481 e. The number of nitrogens with zero attached hydrogens (tertiary/aromatic N) is 2. The summed E-state index contributed by atoms with van der Waals surface area (Å²) >= 11 is 0. The van der Waals surface area contributed by atoms with Crippen LogP contribution in [0.2, 0.25) is 0 Å². The average Bonchev–Trinajstić information content (AvgIpc) is 3.35. The van der Waals surface area contributed by atoms with Crippen molar-refractivity contribution in [1.82, 2.24) is 14.8 Å². The van der Waals surface area contributed by atoms with Gasteiger partial charge in [-0.2, -0.15) is 0 Å². The molecule has 2 heterocycles. The van der Waals surface area contributed by atoms with Crippen molar-refractivity contribution in [2.45, 2.75) is 57.7 Å². The summed E-state index contributed by atoms with van der Waals surface area (Å²) in [6.07, 6.45) is 5.96. The molecule has 142 valence electrons. The number of amides is 1. The van der Waals surface area contributed by atoms with Gasteiger partial charge in [0.15, 0.2) is 0 Å². The molecule has 1 aliphatic carbocycles. The topological polar surface area (TPSA) is 91.6 Å². The number of aliphatic carboxylic acids is 1. The molecule has 1 aliphatic heterocycles. The van der Waals surface area contributed by atoms with Crippen molar-refractivity contribution in [1.29, 1.82) is 0 Å². The van der Waals surface area contributed by atoms with Crippen LogP contribution in [0.5, 0.6) is 0 Å². The molecule has 1 aromatic rings. The van der Waals surface area contributed by atoms with E-state index in [0.29, 0.717) is 24.6 Å². The zero-order chi connectivity index (χ0) is 18.7. The molecule has 0 spiro atoms. The number of hydrogen-bond acceptors (Lipinski definition) is 4. The zero-order valence-corrected chi connectivity index (χ0v) is 15.2. The summed E-state index contributed by atoms with van der Waals surface area (Å²) in [6, 6.07) is 3.25. The molecule has 2 aliphatic rings. The van der Waals surface area contributed by atoms with Crippen LogP contribution in [0.25, 0.3) is 0 Å². The van der Waals surface area contributed by atoms with Crippen LogP contribution in [0.3, 0.4) is 0 Å². The molecule has 2 atom stereocenters. The maximum atomic E-state index is 12.4. The Kier molecular flexibility index (Phi) is 5.76. The highest BCUT2D eigenvalue weighted by atomic mass is 16.4. The Hall–Kier alpha value is -2.15. The van der Waals surface area contributed by atoms with Crippen molar-refractivity contribution < 1.29 is 14.7 Å². The summed E-state index contributed by atoms with van der Waals surface area (Å²) < 4.78 is 1.54. The molecule has 0 bridgehead atoms. The predicted molar refractivity (Wildman–Crippen MR) is 97.2 cm³/mol. The lowest BCUT2D eigenvalue weighted by Gasteiger charge is -2.29. The number of carboxylic acid groups (broad SMARTS) is 1. The molecule has 0 aromatic carbocycles. The van der Waals surface area contributed by atoms with Crippen LogP contribution in [0, 0.1) is 5.92 Å². The van der Waals surface area contributed by atoms with Crippen molar-refractivity contribution >= 4 is 11.9 Å². The molecule has 7 nitrogen and oxygen atoms in total. The van der Waals surface area contributed by atoms with Gasteiger partial charge in [-0.15, -0.1) is 0 Å². The molecule has 1 saturated carbocycles. The normalized spacial score (nSPS) is 23.1. The SMILES string of the molecule is CCn1ccc(C(=O)NC[C@@H]2CC[C@H](CC(=O)O)N2CC2CC2)cc1=O. The second kappa shape index (κ2) is 8.03. The van der Waals surface area contributed by atoms with E-state index in [1.165, 1.54) is 18.9 Å². The Bertz CT molecular complexity index is 726. The highest BCUT2D eigenvalue weighted by molar-refractivity contribution is 5.94. The van der Waals surface area contributed by atoms with E-state index in [1.54, 1.807) is 16.8 Å². The second-order valence-electron chi connectivity index (χ2n) is 7.37. The largest absolute Gasteiger partial charge is 0.481 e. The minimum atomic E-state index is -0.767. The van der Waals surface area contributed by atoms with Crippen molar-refractivity contribution in [3.63, 3.8) is 0 Å². The standard InChI is InChI=1S/C19H27N3O4/c1-2-21-8-7-14(9-17(21)23)19(26)20-11-16-6-5-15(10-18(24)25)22(16)12-13-3-4-13/h7-9,13,15-16H,2-6,10-12H2,1H3,(H,20,26)(H,24,25)/t15-,16+/m1/s1. The average molecular weight is 361 g/mol. The van der Waals surface area contributed by atoms with E-state index in [2.05, 4.69) is 10.2 Å². The first kappa shape index (κ1) is 18.6. The van der Waals surface area contributed by atoms with E-state index in [1.807, 2.05) is 6.92 Å². The van der Waals surface area contributed by atoms with E-state index < -0.39 is 5.97 Å². The highest BCUT2D eigenvalue weighted by Gasteiger charge is 2.38. The van der Waals surface area contributed by atoms with Gasteiger partial charge in [-0.25, -0.2) is 0 Å². The van der Waals surface area contributed by atoms with Crippen molar-refractivity contribution in [3.8, 4) is 0 Å². The number of likely N-dealkylation sites (tertiary alicyclic amines) is 1. The molecular weight excluding hydrogens is 334 g/mol. The van der Waals surface area contributed by atoms with Crippen LogP contribution >= 0.6 is 0 Å². The maximum Gasteiger partial charge on any atom is 0.304 e. The first-order valence-corrected chi connectivity index (χ1v) is 9.44. The summed E-state index contributed by atoms with van der Waals surface area (Å²) in [5, 5.41) is 12.1. The van der Waals surface area contributed by atoms with Crippen LogP contribution in [-0.4, -0.2) is 51.6 Å². The second-order valence-corrected chi connectivity index (χ2v) is 7.37. The van der Waals surface area contributed by atoms with Gasteiger partial charge in [-0.1, -0.05) is 0 Å².